The lowest BCUT2D eigenvalue weighted by molar-refractivity contribution is -0.382. The van der Waals surface area contributed by atoms with Crippen molar-refractivity contribution >= 4 is 40.1 Å². The number of nitro benzene ring substituents is 1. The number of hydrogen-bond donors (Lipinski definition) is 0. The number of carbonyl (C=O) groups excluding carboxylic acids is 1. The third kappa shape index (κ3) is 2.40. The van der Waals surface area contributed by atoms with Crippen LogP contribution in [-0.4, -0.2) is 32.7 Å². The van der Waals surface area contributed by atoms with Gasteiger partial charge in [-0.3, -0.25) is 10.1 Å². The molecule has 0 saturated carbocycles. The van der Waals surface area contributed by atoms with E-state index in [-0.39, 0.29) is 11.2 Å². The Bertz CT molecular complexity index is 708. The number of hydrogen-bond acceptors (Lipinski definition) is 8. The van der Waals surface area contributed by atoms with Crippen molar-refractivity contribution in [1.29, 1.82) is 0 Å². The number of rotatable bonds is 3. The number of carbonyl (C=O) groups is 1. The predicted molar refractivity (Wildman–Crippen MR) is 74.0 cm³/mol. The standard InChI is InChI=1S/C12H12N4O4S/c17-12(18)7-3-5-15(6-4-7)9-2-1-8-10(14-21-13-8)11(9)16(19)20/h1-2,7H,3-6H2,(H,17,18)/p-1. The van der Waals surface area contributed by atoms with Crippen molar-refractivity contribution in [2.24, 2.45) is 5.92 Å². The maximum atomic E-state index is 11.4. The SMILES string of the molecule is O=C([O-])C1CCN(c2ccc3nsnc3c2[N+](=O)[O-])CC1. The zero-order chi connectivity index (χ0) is 15.0. The molecule has 2 heterocycles. The number of nitrogens with zero attached hydrogens (tertiary/aromatic N) is 4. The fraction of sp³-hybridized carbons (Fsp3) is 0.417. The molecule has 1 aromatic carbocycles. The van der Waals surface area contributed by atoms with Crippen LogP contribution in [0.5, 0.6) is 0 Å². The minimum atomic E-state index is -1.05. The first-order valence-electron chi connectivity index (χ1n) is 6.43. The fourth-order valence-electron chi connectivity index (χ4n) is 2.62. The van der Waals surface area contributed by atoms with Crippen LogP contribution in [-0.2, 0) is 4.79 Å². The molecule has 0 amide bonds. The van der Waals surface area contributed by atoms with Gasteiger partial charge in [0.1, 0.15) is 11.2 Å². The fourth-order valence-corrected chi connectivity index (χ4v) is 3.16. The lowest BCUT2D eigenvalue weighted by Gasteiger charge is -2.33. The summed E-state index contributed by atoms with van der Waals surface area (Å²) in [6, 6.07) is 3.35. The van der Waals surface area contributed by atoms with Crippen LogP contribution >= 0.6 is 11.7 Å². The van der Waals surface area contributed by atoms with Gasteiger partial charge in [0.2, 0.25) is 0 Å². The molecular formula is C12H11N4O4S-. The molecule has 0 atom stereocenters. The summed E-state index contributed by atoms with van der Waals surface area (Å²) in [6.07, 6.45) is 0.847. The number of carboxylic acids is 1. The highest BCUT2D eigenvalue weighted by molar-refractivity contribution is 7.00. The molecule has 1 saturated heterocycles. The normalized spacial score (nSPS) is 16.3. The van der Waals surface area contributed by atoms with E-state index in [1.165, 1.54) is 0 Å². The molecule has 3 rings (SSSR count). The molecule has 1 aliphatic heterocycles. The summed E-state index contributed by atoms with van der Waals surface area (Å²) in [5.41, 5.74) is 1.19. The molecule has 1 fully saturated rings. The highest BCUT2D eigenvalue weighted by atomic mass is 32.1. The van der Waals surface area contributed by atoms with E-state index in [0.29, 0.717) is 37.1 Å². The van der Waals surface area contributed by atoms with E-state index < -0.39 is 16.8 Å². The highest BCUT2D eigenvalue weighted by Gasteiger charge is 2.28. The number of piperidine rings is 1. The largest absolute Gasteiger partial charge is 0.550 e. The first kappa shape index (κ1) is 13.7. The highest BCUT2D eigenvalue weighted by Crippen LogP contribution is 2.36. The topological polar surface area (TPSA) is 112 Å². The summed E-state index contributed by atoms with van der Waals surface area (Å²) < 4.78 is 8.00. The maximum absolute atomic E-state index is 11.4. The summed E-state index contributed by atoms with van der Waals surface area (Å²) in [5, 5.41) is 22.2. The second-order valence-electron chi connectivity index (χ2n) is 4.90. The first-order chi connectivity index (χ1) is 10.1. The minimum absolute atomic E-state index is 0.0619. The van der Waals surface area contributed by atoms with Gasteiger partial charge in [0, 0.05) is 25.0 Å². The van der Waals surface area contributed by atoms with Gasteiger partial charge in [-0.25, -0.2) is 0 Å². The average molecular weight is 307 g/mol. The molecule has 21 heavy (non-hydrogen) atoms. The Hall–Kier alpha value is -2.29. The molecule has 2 aromatic rings. The van der Waals surface area contributed by atoms with E-state index in [1.54, 1.807) is 12.1 Å². The minimum Gasteiger partial charge on any atom is -0.550 e. The lowest BCUT2D eigenvalue weighted by Crippen LogP contribution is -2.41. The number of fused-ring (bicyclic) bond motifs is 1. The van der Waals surface area contributed by atoms with Gasteiger partial charge in [-0.15, -0.1) is 0 Å². The van der Waals surface area contributed by atoms with Crippen LogP contribution in [0.4, 0.5) is 11.4 Å². The molecule has 9 heteroatoms. The summed E-state index contributed by atoms with van der Waals surface area (Å²) in [4.78, 5) is 23.6. The van der Waals surface area contributed by atoms with Crippen LogP contribution in [0.25, 0.3) is 11.0 Å². The van der Waals surface area contributed by atoms with E-state index >= 15 is 0 Å². The Morgan fingerprint density at radius 3 is 2.67 bits per heavy atom. The lowest BCUT2D eigenvalue weighted by atomic mass is 9.96. The summed E-state index contributed by atoms with van der Waals surface area (Å²) >= 11 is 0.935. The zero-order valence-electron chi connectivity index (χ0n) is 10.9. The number of carboxylic acid groups (broad SMARTS) is 1. The third-order valence-corrected chi connectivity index (χ3v) is 4.27. The molecule has 110 valence electrons. The van der Waals surface area contributed by atoms with Gasteiger partial charge in [-0.1, -0.05) is 0 Å². The van der Waals surface area contributed by atoms with E-state index in [0.717, 1.165) is 11.7 Å². The Labute approximate surface area is 123 Å². The van der Waals surface area contributed by atoms with Gasteiger partial charge in [0.05, 0.1) is 16.7 Å². The number of benzene rings is 1. The molecule has 0 aliphatic carbocycles. The second-order valence-corrected chi connectivity index (χ2v) is 5.43. The van der Waals surface area contributed by atoms with Crippen molar-refractivity contribution in [1.82, 2.24) is 8.75 Å². The van der Waals surface area contributed by atoms with Crippen molar-refractivity contribution in [3.8, 4) is 0 Å². The smallest absolute Gasteiger partial charge is 0.321 e. The first-order valence-corrected chi connectivity index (χ1v) is 7.16. The van der Waals surface area contributed by atoms with E-state index in [9.17, 15) is 20.0 Å². The maximum Gasteiger partial charge on any atom is 0.321 e. The Morgan fingerprint density at radius 1 is 1.33 bits per heavy atom. The van der Waals surface area contributed by atoms with Gasteiger partial charge >= 0.3 is 5.69 Å². The Balaban J connectivity index is 1.95. The van der Waals surface area contributed by atoms with Gasteiger partial charge < -0.3 is 14.8 Å². The van der Waals surface area contributed by atoms with Crippen LogP contribution in [0.1, 0.15) is 12.8 Å². The molecule has 0 spiro atoms. The van der Waals surface area contributed by atoms with Gasteiger partial charge in [0.25, 0.3) is 0 Å². The molecular weight excluding hydrogens is 296 g/mol. The number of anilines is 1. The molecule has 0 N–H and O–H groups in total. The van der Waals surface area contributed by atoms with Gasteiger partial charge in [-0.05, 0) is 25.0 Å². The van der Waals surface area contributed by atoms with Crippen LogP contribution in [0.3, 0.4) is 0 Å². The molecule has 1 aliphatic rings. The summed E-state index contributed by atoms with van der Waals surface area (Å²) in [5.74, 6) is -1.53. The van der Waals surface area contributed by atoms with Crippen molar-refractivity contribution in [2.45, 2.75) is 12.8 Å². The van der Waals surface area contributed by atoms with E-state index in [1.807, 2.05) is 4.90 Å². The zero-order valence-corrected chi connectivity index (χ0v) is 11.7. The van der Waals surface area contributed by atoms with Gasteiger partial charge in [-0.2, -0.15) is 8.75 Å². The number of aromatic nitrogens is 2. The van der Waals surface area contributed by atoms with E-state index in [4.69, 9.17) is 0 Å². The number of nitro groups is 1. The van der Waals surface area contributed by atoms with Crippen LogP contribution < -0.4 is 10.0 Å². The van der Waals surface area contributed by atoms with Crippen LogP contribution in [0.15, 0.2) is 12.1 Å². The van der Waals surface area contributed by atoms with Gasteiger partial charge in [0.15, 0.2) is 5.52 Å². The van der Waals surface area contributed by atoms with E-state index in [2.05, 4.69) is 8.75 Å². The Kier molecular flexibility index (Phi) is 3.42. The second kappa shape index (κ2) is 5.24. The quantitative estimate of drug-likeness (QED) is 0.601. The van der Waals surface area contributed by atoms with Crippen molar-refractivity contribution < 1.29 is 14.8 Å². The van der Waals surface area contributed by atoms with Crippen LogP contribution in [0.2, 0.25) is 0 Å². The monoisotopic (exact) mass is 307 g/mol. The Morgan fingerprint density at radius 2 is 2.05 bits per heavy atom. The van der Waals surface area contributed by atoms with Crippen LogP contribution in [0, 0.1) is 16.0 Å². The molecule has 0 bridgehead atoms. The summed E-state index contributed by atoms with van der Waals surface area (Å²) in [7, 11) is 0. The van der Waals surface area contributed by atoms with Crippen molar-refractivity contribution in [3.05, 3.63) is 22.2 Å². The number of aliphatic carboxylic acids is 1. The molecule has 8 nitrogen and oxygen atoms in total. The molecule has 0 unspecified atom stereocenters. The molecule has 1 aromatic heterocycles. The predicted octanol–water partition coefficient (Wildman–Crippen LogP) is 0.566. The molecule has 0 radical (unpaired) electrons. The van der Waals surface area contributed by atoms with Crippen molar-refractivity contribution in [2.75, 3.05) is 18.0 Å². The average Bonchev–Trinajstić information content (AvgIpc) is 2.94. The third-order valence-electron chi connectivity index (χ3n) is 3.73. The van der Waals surface area contributed by atoms with Crippen molar-refractivity contribution in [3.63, 3.8) is 0 Å². The summed E-state index contributed by atoms with van der Waals surface area (Å²) in [6.45, 7) is 0.894.